The SMILES string of the molecule is O=C(c1ccc(CN2CCCN(Cc3ccccc3F)CC2)cc1)N1CCCC1. The fourth-order valence-electron chi connectivity index (χ4n) is 4.32. The molecule has 0 bridgehead atoms. The average molecular weight is 396 g/mol. The molecule has 29 heavy (non-hydrogen) atoms. The highest BCUT2D eigenvalue weighted by molar-refractivity contribution is 5.94. The zero-order chi connectivity index (χ0) is 20.1. The van der Waals surface area contributed by atoms with E-state index < -0.39 is 0 Å². The minimum Gasteiger partial charge on any atom is -0.339 e. The van der Waals surface area contributed by atoms with Crippen LogP contribution < -0.4 is 0 Å². The van der Waals surface area contributed by atoms with E-state index in [0.29, 0.717) is 6.54 Å². The third-order valence-corrected chi connectivity index (χ3v) is 6.03. The van der Waals surface area contributed by atoms with Crippen LogP contribution in [0.15, 0.2) is 48.5 Å². The minimum atomic E-state index is -0.114. The van der Waals surface area contributed by atoms with Gasteiger partial charge < -0.3 is 4.90 Å². The molecule has 0 aliphatic carbocycles. The summed E-state index contributed by atoms with van der Waals surface area (Å²) >= 11 is 0. The number of halogens is 1. The summed E-state index contributed by atoms with van der Waals surface area (Å²) in [6.07, 6.45) is 3.32. The van der Waals surface area contributed by atoms with E-state index in [2.05, 4.69) is 21.9 Å². The molecule has 0 saturated carbocycles. The molecule has 0 atom stereocenters. The number of hydrogen-bond donors (Lipinski definition) is 0. The Morgan fingerprint density at radius 2 is 1.41 bits per heavy atom. The van der Waals surface area contributed by atoms with E-state index in [-0.39, 0.29) is 11.7 Å². The number of rotatable bonds is 5. The van der Waals surface area contributed by atoms with Crippen molar-refractivity contribution >= 4 is 5.91 Å². The van der Waals surface area contributed by atoms with Crippen molar-refractivity contribution in [3.63, 3.8) is 0 Å². The summed E-state index contributed by atoms with van der Waals surface area (Å²) in [4.78, 5) is 19.2. The van der Waals surface area contributed by atoms with Crippen molar-refractivity contribution in [2.75, 3.05) is 39.3 Å². The van der Waals surface area contributed by atoms with Crippen molar-refractivity contribution in [2.45, 2.75) is 32.4 Å². The number of hydrogen-bond acceptors (Lipinski definition) is 3. The number of benzene rings is 2. The van der Waals surface area contributed by atoms with Gasteiger partial charge >= 0.3 is 0 Å². The first-order valence-electron chi connectivity index (χ1n) is 10.8. The molecule has 2 aromatic carbocycles. The van der Waals surface area contributed by atoms with Crippen LogP contribution in [0, 0.1) is 5.82 Å². The van der Waals surface area contributed by atoms with E-state index in [9.17, 15) is 9.18 Å². The lowest BCUT2D eigenvalue weighted by molar-refractivity contribution is 0.0793. The number of likely N-dealkylation sites (tertiary alicyclic amines) is 1. The van der Waals surface area contributed by atoms with E-state index in [1.807, 2.05) is 29.2 Å². The highest BCUT2D eigenvalue weighted by Crippen LogP contribution is 2.16. The summed E-state index contributed by atoms with van der Waals surface area (Å²) in [5.41, 5.74) is 2.81. The molecule has 0 N–H and O–H groups in total. The van der Waals surface area contributed by atoms with Gasteiger partial charge in [0.1, 0.15) is 5.82 Å². The molecule has 2 fully saturated rings. The van der Waals surface area contributed by atoms with Crippen LogP contribution in [0.1, 0.15) is 40.7 Å². The van der Waals surface area contributed by atoms with Crippen LogP contribution in [0.25, 0.3) is 0 Å². The minimum absolute atomic E-state index is 0.114. The summed E-state index contributed by atoms with van der Waals surface area (Å²) in [7, 11) is 0. The van der Waals surface area contributed by atoms with Crippen molar-refractivity contribution in [1.29, 1.82) is 0 Å². The predicted molar refractivity (Wildman–Crippen MR) is 113 cm³/mol. The van der Waals surface area contributed by atoms with Crippen LogP contribution in [-0.4, -0.2) is 59.9 Å². The first kappa shape index (κ1) is 20.0. The van der Waals surface area contributed by atoms with Crippen molar-refractivity contribution in [2.24, 2.45) is 0 Å². The lowest BCUT2D eigenvalue weighted by Gasteiger charge is -2.22. The first-order chi connectivity index (χ1) is 14.2. The van der Waals surface area contributed by atoms with Crippen LogP contribution >= 0.6 is 0 Å². The Morgan fingerprint density at radius 1 is 0.759 bits per heavy atom. The monoisotopic (exact) mass is 395 g/mol. The van der Waals surface area contributed by atoms with Gasteiger partial charge in [0.2, 0.25) is 0 Å². The number of carbonyl (C=O) groups is 1. The van der Waals surface area contributed by atoms with Gasteiger partial charge in [0.05, 0.1) is 0 Å². The largest absolute Gasteiger partial charge is 0.339 e. The van der Waals surface area contributed by atoms with Gasteiger partial charge in [0.15, 0.2) is 0 Å². The van der Waals surface area contributed by atoms with Crippen LogP contribution in [0.3, 0.4) is 0 Å². The molecule has 2 saturated heterocycles. The lowest BCUT2D eigenvalue weighted by Crippen LogP contribution is -2.30. The average Bonchev–Trinajstić information content (AvgIpc) is 3.19. The second-order valence-electron chi connectivity index (χ2n) is 8.19. The Bertz CT molecular complexity index is 817. The molecule has 0 radical (unpaired) electrons. The summed E-state index contributed by atoms with van der Waals surface area (Å²) < 4.78 is 13.9. The second kappa shape index (κ2) is 9.51. The summed E-state index contributed by atoms with van der Waals surface area (Å²) in [5, 5.41) is 0. The van der Waals surface area contributed by atoms with E-state index in [4.69, 9.17) is 0 Å². The molecule has 5 heteroatoms. The van der Waals surface area contributed by atoms with E-state index in [1.165, 1.54) is 11.6 Å². The quantitative estimate of drug-likeness (QED) is 0.771. The number of nitrogens with zero attached hydrogens (tertiary/aromatic N) is 3. The standard InChI is InChI=1S/C24H30FN3O/c25-23-7-2-1-6-22(23)19-27-13-5-12-26(16-17-27)18-20-8-10-21(11-9-20)24(29)28-14-3-4-15-28/h1-2,6-11H,3-5,12-19H2. The van der Waals surface area contributed by atoms with Gasteiger partial charge in [0, 0.05) is 50.4 Å². The van der Waals surface area contributed by atoms with Crippen molar-refractivity contribution < 1.29 is 9.18 Å². The van der Waals surface area contributed by atoms with Gasteiger partial charge in [-0.05, 0) is 56.1 Å². The third kappa shape index (κ3) is 5.22. The van der Waals surface area contributed by atoms with Gasteiger partial charge in [0.25, 0.3) is 5.91 Å². The molecule has 4 nitrogen and oxygen atoms in total. The molecular formula is C24H30FN3O. The molecule has 1 amide bonds. The topological polar surface area (TPSA) is 26.8 Å². The van der Waals surface area contributed by atoms with Crippen LogP contribution in [0.4, 0.5) is 4.39 Å². The molecule has 154 valence electrons. The maximum atomic E-state index is 13.9. The van der Waals surface area contributed by atoms with Crippen molar-refractivity contribution in [3.05, 3.63) is 71.0 Å². The molecule has 2 aliphatic heterocycles. The highest BCUT2D eigenvalue weighted by Gasteiger charge is 2.20. The number of carbonyl (C=O) groups excluding carboxylic acids is 1. The fraction of sp³-hybridized carbons (Fsp3) is 0.458. The van der Waals surface area contributed by atoms with Crippen LogP contribution in [0.5, 0.6) is 0 Å². The summed E-state index contributed by atoms with van der Waals surface area (Å²) in [6, 6.07) is 15.2. The van der Waals surface area contributed by atoms with Gasteiger partial charge in [-0.2, -0.15) is 0 Å². The van der Waals surface area contributed by atoms with Crippen LogP contribution in [0.2, 0.25) is 0 Å². The summed E-state index contributed by atoms with van der Waals surface area (Å²) in [6.45, 7) is 7.30. The Balaban J connectivity index is 1.30. The van der Waals surface area contributed by atoms with Gasteiger partial charge in [-0.15, -0.1) is 0 Å². The molecule has 0 spiro atoms. The molecular weight excluding hydrogens is 365 g/mol. The van der Waals surface area contributed by atoms with Gasteiger partial charge in [-0.1, -0.05) is 30.3 Å². The predicted octanol–water partition coefficient (Wildman–Crippen LogP) is 3.77. The molecule has 2 aromatic rings. The van der Waals surface area contributed by atoms with E-state index >= 15 is 0 Å². The Hall–Kier alpha value is -2.24. The summed E-state index contributed by atoms with van der Waals surface area (Å²) in [5.74, 6) is 0.0461. The van der Waals surface area contributed by atoms with Crippen molar-refractivity contribution in [1.82, 2.24) is 14.7 Å². The highest BCUT2D eigenvalue weighted by atomic mass is 19.1. The maximum Gasteiger partial charge on any atom is 0.253 e. The van der Waals surface area contributed by atoms with Crippen molar-refractivity contribution in [3.8, 4) is 0 Å². The molecule has 2 heterocycles. The Labute approximate surface area is 172 Å². The molecule has 4 rings (SSSR count). The molecule has 2 aliphatic rings. The maximum absolute atomic E-state index is 13.9. The lowest BCUT2D eigenvalue weighted by atomic mass is 10.1. The van der Waals surface area contributed by atoms with E-state index in [1.54, 1.807) is 6.07 Å². The first-order valence-corrected chi connectivity index (χ1v) is 10.8. The smallest absolute Gasteiger partial charge is 0.253 e. The Kier molecular flexibility index (Phi) is 6.57. The third-order valence-electron chi connectivity index (χ3n) is 6.03. The zero-order valence-electron chi connectivity index (χ0n) is 17.0. The Morgan fingerprint density at radius 3 is 2.10 bits per heavy atom. The zero-order valence-corrected chi connectivity index (χ0v) is 17.0. The molecule has 0 unspecified atom stereocenters. The number of amides is 1. The van der Waals surface area contributed by atoms with Gasteiger partial charge in [-0.3, -0.25) is 14.6 Å². The second-order valence-corrected chi connectivity index (χ2v) is 8.19. The van der Waals surface area contributed by atoms with Crippen LogP contribution in [-0.2, 0) is 13.1 Å². The fourth-order valence-corrected chi connectivity index (χ4v) is 4.32. The van der Waals surface area contributed by atoms with E-state index in [0.717, 1.165) is 76.2 Å². The normalized spacial score (nSPS) is 18.7. The van der Waals surface area contributed by atoms with Gasteiger partial charge in [-0.25, -0.2) is 4.39 Å². The molecule has 0 aromatic heterocycles.